The van der Waals surface area contributed by atoms with E-state index in [-0.39, 0.29) is 11.9 Å². The number of anilines is 1. The molecule has 1 aliphatic rings. The first-order valence-electron chi connectivity index (χ1n) is 8.64. The van der Waals surface area contributed by atoms with E-state index >= 15 is 0 Å². The molecule has 134 valence electrons. The van der Waals surface area contributed by atoms with Crippen molar-refractivity contribution in [2.75, 3.05) is 18.0 Å². The second-order valence-electron chi connectivity index (χ2n) is 6.79. The van der Waals surface area contributed by atoms with Crippen molar-refractivity contribution in [1.29, 1.82) is 0 Å². The second kappa shape index (κ2) is 8.15. The molecule has 0 saturated carbocycles. The Kier molecular flexibility index (Phi) is 5.91. The van der Waals surface area contributed by atoms with Crippen molar-refractivity contribution in [2.45, 2.75) is 39.2 Å². The van der Waals surface area contributed by atoms with E-state index in [1.165, 1.54) is 11.5 Å². The number of carbonyl (C=O) groups excluding carboxylic acids is 1. The molecule has 0 radical (unpaired) electrons. The summed E-state index contributed by atoms with van der Waals surface area (Å²) in [5, 5.41) is 4.60. The number of nitrogens with zero attached hydrogens (tertiary/aromatic N) is 3. The summed E-state index contributed by atoms with van der Waals surface area (Å²) in [6, 6.07) is 7.59. The minimum atomic E-state index is -0.130. The predicted molar refractivity (Wildman–Crippen MR) is 102 cm³/mol. The van der Waals surface area contributed by atoms with Crippen molar-refractivity contribution < 1.29 is 4.79 Å². The van der Waals surface area contributed by atoms with Crippen molar-refractivity contribution in [2.24, 2.45) is 5.92 Å². The zero-order valence-electron chi connectivity index (χ0n) is 14.5. The van der Waals surface area contributed by atoms with E-state index in [0.717, 1.165) is 40.9 Å². The SMILES string of the molecule is CC(C)CNC(=O)C1CCCN1c1nc(Cc2ccc(Cl)cc2)ns1. The summed E-state index contributed by atoms with van der Waals surface area (Å²) in [5.74, 6) is 1.34. The molecule has 0 spiro atoms. The van der Waals surface area contributed by atoms with Crippen LogP contribution in [0.25, 0.3) is 0 Å². The van der Waals surface area contributed by atoms with Crippen molar-refractivity contribution in [3.63, 3.8) is 0 Å². The first kappa shape index (κ1) is 18.1. The topological polar surface area (TPSA) is 58.1 Å². The van der Waals surface area contributed by atoms with Gasteiger partial charge in [0.25, 0.3) is 0 Å². The molecular formula is C18H23ClN4OS. The van der Waals surface area contributed by atoms with Crippen molar-refractivity contribution in [3.05, 3.63) is 40.7 Å². The van der Waals surface area contributed by atoms with Gasteiger partial charge in [0.1, 0.15) is 11.9 Å². The molecule has 2 heterocycles. The summed E-state index contributed by atoms with van der Waals surface area (Å²) in [7, 11) is 0. The van der Waals surface area contributed by atoms with Gasteiger partial charge < -0.3 is 10.2 Å². The molecule has 1 aromatic heterocycles. The smallest absolute Gasteiger partial charge is 0.242 e. The van der Waals surface area contributed by atoms with E-state index in [1.54, 1.807) is 0 Å². The van der Waals surface area contributed by atoms with Gasteiger partial charge in [-0.25, -0.2) is 4.98 Å². The highest BCUT2D eigenvalue weighted by Gasteiger charge is 2.32. The third kappa shape index (κ3) is 4.70. The molecule has 25 heavy (non-hydrogen) atoms. The molecule has 5 nitrogen and oxygen atoms in total. The Bertz CT molecular complexity index is 716. The average Bonchev–Trinajstić information content (AvgIpc) is 3.23. The Morgan fingerprint density at radius 2 is 2.16 bits per heavy atom. The molecule has 2 aromatic rings. The van der Waals surface area contributed by atoms with Gasteiger partial charge in [0, 0.05) is 36.1 Å². The highest BCUT2D eigenvalue weighted by molar-refractivity contribution is 7.09. The molecule has 0 bridgehead atoms. The fraction of sp³-hybridized carbons (Fsp3) is 0.500. The number of halogens is 1. The first-order valence-corrected chi connectivity index (χ1v) is 9.79. The van der Waals surface area contributed by atoms with Crippen molar-refractivity contribution >= 4 is 34.2 Å². The third-order valence-corrected chi connectivity index (χ3v) is 5.26. The van der Waals surface area contributed by atoms with Gasteiger partial charge in [-0.15, -0.1) is 0 Å². The van der Waals surface area contributed by atoms with E-state index in [0.29, 0.717) is 18.9 Å². The molecular weight excluding hydrogens is 356 g/mol. The number of hydrogen-bond donors (Lipinski definition) is 1. The number of rotatable bonds is 6. The molecule has 1 fully saturated rings. The van der Waals surface area contributed by atoms with Crippen LogP contribution < -0.4 is 10.2 Å². The van der Waals surface area contributed by atoms with Crippen LogP contribution >= 0.6 is 23.1 Å². The molecule has 1 unspecified atom stereocenters. The minimum absolute atomic E-state index is 0.0978. The number of aromatic nitrogens is 2. The lowest BCUT2D eigenvalue weighted by Crippen LogP contribution is -2.44. The van der Waals surface area contributed by atoms with E-state index in [9.17, 15) is 4.79 Å². The number of carbonyl (C=O) groups is 1. The van der Waals surface area contributed by atoms with Gasteiger partial charge in [0.05, 0.1) is 0 Å². The largest absolute Gasteiger partial charge is 0.354 e. The maximum atomic E-state index is 12.5. The van der Waals surface area contributed by atoms with E-state index in [1.807, 2.05) is 24.3 Å². The molecule has 1 amide bonds. The fourth-order valence-corrected chi connectivity index (χ4v) is 3.80. The van der Waals surface area contributed by atoms with Gasteiger partial charge in [-0.3, -0.25) is 4.79 Å². The van der Waals surface area contributed by atoms with Crippen molar-refractivity contribution in [1.82, 2.24) is 14.7 Å². The Morgan fingerprint density at radius 1 is 1.40 bits per heavy atom. The van der Waals surface area contributed by atoms with Crippen molar-refractivity contribution in [3.8, 4) is 0 Å². The van der Waals surface area contributed by atoms with E-state index < -0.39 is 0 Å². The lowest BCUT2D eigenvalue weighted by Gasteiger charge is -2.23. The highest BCUT2D eigenvalue weighted by Crippen LogP contribution is 2.28. The van der Waals surface area contributed by atoms with E-state index in [4.69, 9.17) is 11.6 Å². The normalized spacial score (nSPS) is 17.3. The summed E-state index contributed by atoms with van der Waals surface area (Å²) in [5.41, 5.74) is 1.13. The van der Waals surface area contributed by atoms with Crippen LogP contribution in [-0.2, 0) is 11.2 Å². The molecule has 1 aliphatic heterocycles. The molecule has 1 saturated heterocycles. The van der Waals surface area contributed by atoms with Gasteiger partial charge in [0.2, 0.25) is 11.0 Å². The number of nitrogens with one attached hydrogen (secondary N) is 1. The minimum Gasteiger partial charge on any atom is -0.354 e. The van der Waals surface area contributed by atoms with Crippen LogP contribution in [0, 0.1) is 5.92 Å². The highest BCUT2D eigenvalue weighted by atomic mass is 35.5. The molecule has 0 aliphatic carbocycles. The Balaban J connectivity index is 1.66. The quantitative estimate of drug-likeness (QED) is 0.835. The van der Waals surface area contributed by atoms with Gasteiger partial charge in [-0.1, -0.05) is 37.6 Å². The lowest BCUT2D eigenvalue weighted by molar-refractivity contribution is -0.122. The predicted octanol–water partition coefficient (Wildman–Crippen LogP) is 3.52. The second-order valence-corrected chi connectivity index (χ2v) is 7.95. The van der Waals surface area contributed by atoms with Gasteiger partial charge in [-0.2, -0.15) is 4.37 Å². The Hall–Kier alpha value is -1.66. The van der Waals surface area contributed by atoms with Crippen LogP contribution in [0.1, 0.15) is 38.1 Å². The zero-order chi connectivity index (χ0) is 17.8. The monoisotopic (exact) mass is 378 g/mol. The average molecular weight is 379 g/mol. The summed E-state index contributed by atoms with van der Waals surface area (Å²) >= 11 is 7.30. The maximum Gasteiger partial charge on any atom is 0.242 e. The van der Waals surface area contributed by atoms with Crippen LogP contribution in [0.3, 0.4) is 0 Å². The summed E-state index contributed by atoms with van der Waals surface area (Å²) in [6.07, 6.45) is 2.55. The van der Waals surface area contributed by atoms with Gasteiger partial charge in [0.15, 0.2) is 0 Å². The first-order chi connectivity index (χ1) is 12.0. The third-order valence-electron chi connectivity index (χ3n) is 4.22. The van der Waals surface area contributed by atoms with E-state index in [2.05, 4.69) is 33.4 Å². The number of amides is 1. The molecule has 3 rings (SSSR count). The van der Waals surface area contributed by atoms with Crippen LogP contribution in [0.4, 0.5) is 5.13 Å². The van der Waals surface area contributed by atoms with Crippen LogP contribution in [0.2, 0.25) is 5.02 Å². The number of hydrogen-bond acceptors (Lipinski definition) is 5. The fourth-order valence-electron chi connectivity index (χ4n) is 2.91. The van der Waals surface area contributed by atoms with Gasteiger partial charge >= 0.3 is 0 Å². The standard InChI is InChI=1S/C18H23ClN4OS/c1-12(2)11-20-17(24)15-4-3-9-23(15)18-21-16(22-25-18)10-13-5-7-14(19)8-6-13/h5-8,12,15H,3-4,9-11H2,1-2H3,(H,20,24). The van der Waals surface area contributed by atoms with Crippen LogP contribution in [0.15, 0.2) is 24.3 Å². The number of benzene rings is 1. The maximum absolute atomic E-state index is 12.5. The Labute approximate surface area is 157 Å². The molecule has 1 aromatic carbocycles. The summed E-state index contributed by atoms with van der Waals surface area (Å²) in [4.78, 5) is 19.2. The molecule has 7 heteroatoms. The van der Waals surface area contributed by atoms with Crippen LogP contribution in [0.5, 0.6) is 0 Å². The Morgan fingerprint density at radius 3 is 2.88 bits per heavy atom. The summed E-state index contributed by atoms with van der Waals surface area (Å²) in [6.45, 7) is 5.76. The van der Waals surface area contributed by atoms with Gasteiger partial charge in [-0.05, 0) is 36.5 Å². The lowest BCUT2D eigenvalue weighted by atomic mass is 10.1. The summed E-state index contributed by atoms with van der Waals surface area (Å²) < 4.78 is 4.47. The zero-order valence-corrected chi connectivity index (χ0v) is 16.1. The van der Waals surface area contributed by atoms with Crippen LogP contribution in [-0.4, -0.2) is 34.4 Å². The molecule has 1 N–H and O–H groups in total. The molecule has 1 atom stereocenters.